The number of halogens is 1. The van der Waals surface area contributed by atoms with Crippen molar-refractivity contribution in [2.75, 3.05) is 13.2 Å². The van der Waals surface area contributed by atoms with Gasteiger partial charge in [-0.3, -0.25) is 0 Å². The van der Waals surface area contributed by atoms with E-state index in [0.29, 0.717) is 31.2 Å². The van der Waals surface area contributed by atoms with Gasteiger partial charge in [-0.05, 0) is 63.8 Å². The van der Waals surface area contributed by atoms with Gasteiger partial charge >= 0.3 is 0 Å². The molecule has 4 heteroatoms. The number of hydrogen-bond acceptors (Lipinski definition) is 2. The van der Waals surface area contributed by atoms with Crippen LogP contribution in [0.15, 0.2) is 12.1 Å². The Kier molecular flexibility index (Phi) is 7.85. The molecule has 0 saturated carbocycles. The van der Waals surface area contributed by atoms with Crippen LogP contribution in [0.4, 0.5) is 0 Å². The number of aliphatic hydroxyl groups is 1. The fourth-order valence-electron chi connectivity index (χ4n) is 2.90. The first-order chi connectivity index (χ1) is 10.6. The minimum Gasteiger partial charge on any atom is -0.490 e. The van der Waals surface area contributed by atoms with Crippen LogP contribution in [0.25, 0.3) is 0 Å². The molecule has 1 aromatic rings. The standard InChI is InChI=1S/C19H32ClNO2/c1-12(2)17-9-18(20)15(7)8-19(17)23-11-16(22)10-21(13(3)4)14(5)6/h8-9,12-14,16,22H,10-11H2,1-7H3/p+1/t16-/m1/s1. The van der Waals surface area contributed by atoms with E-state index in [2.05, 4.69) is 41.5 Å². The molecule has 0 aliphatic carbocycles. The Labute approximate surface area is 146 Å². The Balaban J connectivity index is 2.76. The van der Waals surface area contributed by atoms with E-state index in [1.54, 1.807) is 0 Å². The van der Waals surface area contributed by atoms with Crippen LogP contribution >= 0.6 is 11.6 Å². The number of ether oxygens (including phenoxy) is 1. The zero-order valence-electron chi connectivity index (χ0n) is 15.6. The first-order valence-corrected chi connectivity index (χ1v) is 8.97. The molecule has 132 valence electrons. The average molecular weight is 343 g/mol. The smallest absolute Gasteiger partial charge is 0.137 e. The minimum absolute atomic E-state index is 0.309. The van der Waals surface area contributed by atoms with Crippen molar-refractivity contribution in [2.45, 2.75) is 72.6 Å². The van der Waals surface area contributed by atoms with Gasteiger partial charge in [-0.25, -0.2) is 0 Å². The predicted octanol–water partition coefficient (Wildman–Crippen LogP) is 3.21. The third-order valence-electron chi connectivity index (χ3n) is 4.30. The van der Waals surface area contributed by atoms with Gasteiger partial charge < -0.3 is 14.7 Å². The summed E-state index contributed by atoms with van der Waals surface area (Å²) in [5, 5.41) is 11.1. The Hall–Kier alpha value is -0.770. The van der Waals surface area contributed by atoms with Crippen LogP contribution in [0.2, 0.25) is 5.02 Å². The van der Waals surface area contributed by atoms with Crippen LogP contribution in [-0.4, -0.2) is 36.4 Å². The van der Waals surface area contributed by atoms with Crippen LogP contribution in [-0.2, 0) is 0 Å². The van der Waals surface area contributed by atoms with Crippen molar-refractivity contribution < 1.29 is 14.7 Å². The van der Waals surface area contributed by atoms with Crippen molar-refractivity contribution in [3.05, 3.63) is 28.3 Å². The predicted molar refractivity (Wildman–Crippen MR) is 97.9 cm³/mol. The van der Waals surface area contributed by atoms with Crippen molar-refractivity contribution in [2.24, 2.45) is 0 Å². The van der Waals surface area contributed by atoms with Crippen molar-refractivity contribution in [1.82, 2.24) is 0 Å². The second-order valence-corrected chi connectivity index (χ2v) is 7.75. The number of benzene rings is 1. The van der Waals surface area contributed by atoms with Gasteiger partial charge in [0.05, 0.1) is 12.1 Å². The molecule has 0 radical (unpaired) electrons. The summed E-state index contributed by atoms with van der Waals surface area (Å²) >= 11 is 6.22. The van der Waals surface area contributed by atoms with Crippen LogP contribution < -0.4 is 9.64 Å². The maximum Gasteiger partial charge on any atom is 0.137 e. The highest BCUT2D eigenvalue weighted by Gasteiger charge is 2.22. The minimum atomic E-state index is -0.481. The lowest BCUT2D eigenvalue weighted by molar-refractivity contribution is -0.944. The Morgan fingerprint density at radius 1 is 1.09 bits per heavy atom. The number of quaternary nitrogens is 1. The second kappa shape index (κ2) is 8.91. The molecule has 0 aliphatic rings. The molecule has 2 N–H and O–H groups in total. The molecule has 0 aliphatic heterocycles. The van der Waals surface area contributed by atoms with Gasteiger partial charge in [0.1, 0.15) is 25.0 Å². The van der Waals surface area contributed by atoms with E-state index in [1.807, 2.05) is 19.1 Å². The topological polar surface area (TPSA) is 33.9 Å². The normalized spacial score (nSPS) is 13.4. The second-order valence-electron chi connectivity index (χ2n) is 7.35. The van der Waals surface area contributed by atoms with Gasteiger partial charge in [0.15, 0.2) is 0 Å². The maximum atomic E-state index is 10.4. The Morgan fingerprint density at radius 3 is 2.13 bits per heavy atom. The molecular weight excluding hydrogens is 310 g/mol. The van der Waals surface area contributed by atoms with Crippen LogP contribution in [0, 0.1) is 6.92 Å². The van der Waals surface area contributed by atoms with E-state index in [1.165, 1.54) is 4.90 Å². The van der Waals surface area contributed by atoms with Crippen molar-refractivity contribution in [3.8, 4) is 5.75 Å². The molecule has 0 spiro atoms. The Bertz CT molecular complexity index is 492. The number of hydrogen-bond donors (Lipinski definition) is 2. The zero-order valence-corrected chi connectivity index (χ0v) is 16.4. The van der Waals surface area contributed by atoms with E-state index in [0.717, 1.165) is 21.9 Å². The summed E-state index contributed by atoms with van der Waals surface area (Å²) in [6.07, 6.45) is -0.481. The summed E-state index contributed by atoms with van der Waals surface area (Å²) in [6.45, 7) is 15.9. The highest BCUT2D eigenvalue weighted by molar-refractivity contribution is 6.31. The van der Waals surface area contributed by atoms with Crippen LogP contribution in [0.3, 0.4) is 0 Å². The maximum absolute atomic E-state index is 10.4. The number of rotatable bonds is 8. The SMILES string of the molecule is Cc1cc(OC[C@H](O)C[NH+](C(C)C)C(C)C)c(C(C)C)cc1Cl. The first kappa shape index (κ1) is 20.3. The highest BCUT2D eigenvalue weighted by atomic mass is 35.5. The third kappa shape index (κ3) is 5.98. The van der Waals surface area contributed by atoms with E-state index >= 15 is 0 Å². The molecule has 23 heavy (non-hydrogen) atoms. The summed E-state index contributed by atoms with van der Waals surface area (Å²) in [5.41, 5.74) is 2.09. The van der Waals surface area contributed by atoms with Gasteiger partial charge in [0.2, 0.25) is 0 Å². The van der Waals surface area contributed by atoms with Crippen molar-refractivity contribution >= 4 is 11.6 Å². The molecule has 1 aromatic carbocycles. The van der Waals surface area contributed by atoms with Gasteiger partial charge in [0.25, 0.3) is 0 Å². The molecule has 1 rings (SSSR count). The number of aryl methyl sites for hydroxylation is 1. The van der Waals surface area contributed by atoms with Crippen molar-refractivity contribution in [3.63, 3.8) is 0 Å². The number of aliphatic hydroxyl groups excluding tert-OH is 1. The molecule has 0 aromatic heterocycles. The summed E-state index contributed by atoms with van der Waals surface area (Å²) in [4.78, 5) is 1.39. The molecule has 0 amide bonds. The lowest BCUT2D eigenvalue weighted by Gasteiger charge is -2.29. The summed E-state index contributed by atoms with van der Waals surface area (Å²) in [7, 11) is 0. The Morgan fingerprint density at radius 2 is 1.65 bits per heavy atom. The van der Waals surface area contributed by atoms with Crippen LogP contribution in [0.5, 0.6) is 5.75 Å². The van der Waals surface area contributed by atoms with E-state index in [9.17, 15) is 5.11 Å². The van der Waals surface area contributed by atoms with Gasteiger partial charge in [-0.1, -0.05) is 25.4 Å². The van der Waals surface area contributed by atoms with Crippen molar-refractivity contribution in [1.29, 1.82) is 0 Å². The molecule has 3 nitrogen and oxygen atoms in total. The van der Waals surface area contributed by atoms with Gasteiger partial charge in [-0.2, -0.15) is 0 Å². The molecule has 0 saturated heterocycles. The lowest BCUT2D eigenvalue weighted by Crippen LogP contribution is -3.18. The fraction of sp³-hybridized carbons (Fsp3) is 0.684. The first-order valence-electron chi connectivity index (χ1n) is 8.59. The van der Waals surface area contributed by atoms with E-state index in [4.69, 9.17) is 16.3 Å². The van der Waals surface area contributed by atoms with Gasteiger partial charge in [-0.15, -0.1) is 0 Å². The summed E-state index contributed by atoms with van der Waals surface area (Å²) in [5.74, 6) is 1.16. The third-order valence-corrected chi connectivity index (χ3v) is 4.71. The van der Waals surface area contributed by atoms with E-state index in [-0.39, 0.29) is 0 Å². The number of nitrogens with one attached hydrogen (secondary N) is 1. The highest BCUT2D eigenvalue weighted by Crippen LogP contribution is 2.32. The molecule has 0 bridgehead atoms. The fourth-order valence-corrected chi connectivity index (χ4v) is 3.07. The quantitative estimate of drug-likeness (QED) is 0.760. The summed E-state index contributed by atoms with van der Waals surface area (Å²) < 4.78 is 5.93. The largest absolute Gasteiger partial charge is 0.490 e. The molecule has 0 heterocycles. The van der Waals surface area contributed by atoms with Crippen LogP contribution in [0.1, 0.15) is 58.6 Å². The molecule has 0 fully saturated rings. The van der Waals surface area contributed by atoms with Gasteiger partial charge in [0, 0.05) is 5.02 Å². The molecule has 1 atom stereocenters. The molecule has 0 unspecified atom stereocenters. The summed E-state index contributed by atoms with van der Waals surface area (Å²) in [6, 6.07) is 4.91. The molecular formula is C19H33ClNO2+. The monoisotopic (exact) mass is 342 g/mol. The van der Waals surface area contributed by atoms with E-state index < -0.39 is 6.10 Å². The average Bonchev–Trinajstić information content (AvgIpc) is 2.44. The lowest BCUT2D eigenvalue weighted by atomic mass is 10.0. The zero-order chi connectivity index (χ0) is 17.7.